The molecule has 2 amide bonds. The minimum atomic E-state index is -1.67. The molecular formula is C25H42N4O14. The molecule has 0 aromatic rings. The fourth-order valence-corrected chi connectivity index (χ4v) is 5.91. The number of hydrogen-bond donors (Lipinski definition) is 9. The van der Waals surface area contributed by atoms with Gasteiger partial charge in [-0.25, -0.2) is 4.99 Å². The normalized spacial score (nSPS) is 44.3. The zero-order chi connectivity index (χ0) is 31.7. The highest BCUT2D eigenvalue weighted by Crippen LogP contribution is 2.39. The van der Waals surface area contributed by atoms with Gasteiger partial charge in [0.2, 0.25) is 11.8 Å². The van der Waals surface area contributed by atoms with Gasteiger partial charge in [-0.3, -0.25) is 9.59 Å². The third-order valence-corrected chi connectivity index (χ3v) is 8.02. The molecule has 0 aromatic carbocycles. The first-order valence-corrected chi connectivity index (χ1v) is 14.0. The summed E-state index contributed by atoms with van der Waals surface area (Å²) in [6.07, 6.45) is -15.2. The number of ether oxygens (including phenoxy) is 5. The summed E-state index contributed by atoms with van der Waals surface area (Å²) in [5.74, 6) is -1.99. The summed E-state index contributed by atoms with van der Waals surface area (Å²) >= 11 is 0. The largest absolute Gasteiger partial charge is 0.459 e. The first kappa shape index (κ1) is 33.7. The molecule has 0 aromatic heterocycles. The lowest BCUT2D eigenvalue weighted by Gasteiger charge is -2.48. The van der Waals surface area contributed by atoms with Crippen LogP contribution in [0.5, 0.6) is 0 Å². The maximum atomic E-state index is 12.2. The van der Waals surface area contributed by atoms with E-state index in [9.17, 15) is 45.3 Å². The Morgan fingerprint density at radius 2 is 1.33 bits per heavy atom. The Balaban J connectivity index is 1.57. The molecule has 18 nitrogen and oxygen atoms in total. The summed E-state index contributed by atoms with van der Waals surface area (Å²) in [5, 5.41) is 78.3. The molecule has 3 heterocycles. The van der Waals surface area contributed by atoms with Crippen molar-refractivity contribution in [3.05, 3.63) is 0 Å². The zero-order valence-corrected chi connectivity index (χ0v) is 24.2. The number of aliphatic imine (C=N–C) groups is 1. The van der Waals surface area contributed by atoms with E-state index in [-0.39, 0.29) is 6.02 Å². The standard InChI is InChI=1S/C25H42N4O14/c1-8(33)26-14-17(36)16(35)11(6-31)39-23(14)42-22-12(7-32)40-24(15(19(22)38)27-9(2)34)41-21-10(5-30)20-13(18(21)37)28-25(43-20)29(3)4/h10-24,30-32,35-38H,5-7H2,1-4H3,(H,26,33)(H,27,34)/t10?,11-,12-,13?,14-,15-,16-,17+,18?,19+,20?,21?,22-,23+,24+/m1/s1. The molecule has 0 radical (unpaired) electrons. The third kappa shape index (κ3) is 6.74. The van der Waals surface area contributed by atoms with Crippen LogP contribution in [0.25, 0.3) is 0 Å². The SMILES string of the molecule is CC(=O)N[C@H]1[C@H](O[C@H]2[C@@H](O)[C@@H](NC(C)=O)[C@H](OC3C(O)C4N=C(N(C)C)OC4C3CO)O[C@@H]2CO)O[C@H](CO)[C@@H](O)[C@H]1O. The van der Waals surface area contributed by atoms with Gasteiger partial charge in [-0.15, -0.1) is 0 Å². The van der Waals surface area contributed by atoms with Gasteiger partial charge in [-0.1, -0.05) is 0 Å². The number of rotatable bonds is 9. The number of nitrogens with zero attached hydrogens (tertiary/aromatic N) is 2. The Morgan fingerprint density at radius 3 is 1.84 bits per heavy atom. The van der Waals surface area contributed by atoms with E-state index in [0.717, 1.165) is 6.92 Å². The number of carbonyl (C=O) groups is 2. The van der Waals surface area contributed by atoms with E-state index in [0.29, 0.717) is 0 Å². The van der Waals surface area contributed by atoms with E-state index in [1.54, 1.807) is 19.0 Å². The van der Waals surface area contributed by atoms with Crippen molar-refractivity contribution in [2.45, 2.75) is 99.5 Å². The molecule has 4 rings (SSSR count). The van der Waals surface area contributed by atoms with Gasteiger partial charge < -0.3 is 75.0 Å². The number of aliphatic hydroxyl groups excluding tert-OH is 7. The fraction of sp³-hybridized carbons (Fsp3) is 0.880. The molecule has 15 atom stereocenters. The summed E-state index contributed by atoms with van der Waals surface area (Å²) in [7, 11) is 3.42. The molecule has 5 unspecified atom stereocenters. The summed E-state index contributed by atoms with van der Waals surface area (Å²) < 4.78 is 29.3. The van der Waals surface area contributed by atoms with Crippen LogP contribution in [0.1, 0.15) is 13.8 Å². The lowest BCUT2D eigenvalue weighted by molar-refractivity contribution is -0.339. The Kier molecular flexibility index (Phi) is 10.8. The van der Waals surface area contributed by atoms with E-state index in [4.69, 9.17) is 23.7 Å². The predicted molar refractivity (Wildman–Crippen MR) is 141 cm³/mol. The van der Waals surface area contributed by atoms with Crippen LogP contribution in [0.2, 0.25) is 0 Å². The van der Waals surface area contributed by atoms with Gasteiger partial charge in [0.05, 0.1) is 31.8 Å². The first-order valence-electron chi connectivity index (χ1n) is 14.0. The van der Waals surface area contributed by atoms with Gasteiger partial charge >= 0.3 is 0 Å². The Hall–Kier alpha value is -2.23. The smallest absolute Gasteiger partial charge is 0.287 e. The van der Waals surface area contributed by atoms with Gasteiger partial charge in [-0.05, 0) is 0 Å². The van der Waals surface area contributed by atoms with Crippen LogP contribution >= 0.6 is 0 Å². The van der Waals surface area contributed by atoms with Crippen LogP contribution in [0.3, 0.4) is 0 Å². The van der Waals surface area contributed by atoms with Crippen molar-refractivity contribution in [2.24, 2.45) is 10.9 Å². The number of amides is 2. The van der Waals surface area contributed by atoms with E-state index < -0.39 is 123 Å². The number of fused-ring (bicyclic) bond motifs is 1. The highest BCUT2D eigenvalue weighted by molar-refractivity contribution is 5.76. The average Bonchev–Trinajstić information content (AvgIpc) is 3.49. The van der Waals surface area contributed by atoms with Crippen LogP contribution < -0.4 is 10.6 Å². The van der Waals surface area contributed by atoms with E-state index in [1.165, 1.54) is 6.92 Å². The number of carbonyl (C=O) groups excluding carboxylic acids is 2. The number of aliphatic hydroxyl groups is 7. The molecule has 2 saturated heterocycles. The van der Waals surface area contributed by atoms with Crippen molar-refractivity contribution in [3.8, 4) is 0 Å². The van der Waals surface area contributed by atoms with E-state index in [2.05, 4.69) is 15.6 Å². The van der Waals surface area contributed by atoms with Crippen molar-refractivity contribution in [2.75, 3.05) is 33.9 Å². The predicted octanol–water partition coefficient (Wildman–Crippen LogP) is -6.05. The fourth-order valence-electron chi connectivity index (χ4n) is 5.91. The van der Waals surface area contributed by atoms with Gasteiger partial charge in [0, 0.05) is 27.9 Å². The van der Waals surface area contributed by atoms with Crippen LogP contribution in [0.15, 0.2) is 4.99 Å². The maximum Gasteiger partial charge on any atom is 0.287 e. The Labute approximate surface area is 247 Å². The lowest BCUT2D eigenvalue weighted by atomic mass is 9.94. The molecule has 18 heteroatoms. The molecule has 0 spiro atoms. The lowest BCUT2D eigenvalue weighted by Crippen LogP contribution is -2.69. The molecule has 3 fully saturated rings. The summed E-state index contributed by atoms with van der Waals surface area (Å²) in [5.41, 5.74) is 0. The number of hydrogen-bond acceptors (Lipinski definition) is 16. The topological polar surface area (TPSA) is 262 Å². The van der Waals surface area contributed by atoms with Crippen LogP contribution in [-0.4, -0.2) is 178 Å². The average molecular weight is 623 g/mol. The highest BCUT2D eigenvalue weighted by Gasteiger charge is 2.58. The number of nitrogens with one attached hydrogen (secondary N) is 2. The molecule has 1 aliphatic carbocycles. The van der Waals surface area contributed by atoms with Crippen molar-refractivity contribution < 1.29 is 69.0 Å². The monoisotopic (exact) mass is 622 g/mol. The first-order chi connectivity index (χ1) is 20.3. The van der Waals surface area contributed by atoms with Crippen LogP contribution in [0, 0.1) is 5.92 Å². The second kappa shape index (κ2) is 13.8. The minimum absolute atomic E-state index is 0.273. The van der Waals surface area contributed by atoms with Gasteiger partial charge in [0.25, 0.3) is 6.02 Å². The van der Waals surface area contributed by atoms with Gasteiger partial charge in [0.15, 0.2) is 12.6 Å². The van der Waals surface area contributed by atoms with Crippen LogP contribution in [-0.2, 0) is 33.3 Å². The summed E-state index contributed by atoms with van der Waals surface area (Å²) in [6, 6.07) is -3.21. The quantitative estimate of drug-likeness (QED) is 0.116. The zero-order valence-electron chi connectivity index (χ0n) is 24.2. The molecule has 9 N–H and O–H groups in total. The second-order valence-electron chi connectivity index (χ2n) is 11.3. The Morgan fingerprint density at radius 1 is 0.791 bits per heavy atom. The van der Waals surface area contributed by atoms with Crippen LogP contribution in [0.4, 0.5) is 0 Å². The van der Waals surface area contributed by atoms with E-state index >= 15 is 0 Å². The third-order valence-electron chi connectivity index (χ3n) is 8.02. The Bertz CT molecular complexity index is 1020. The molecule has 43 heavy (non-hydrogen) atoms. The minimum Gasteiger partial charge on any atom is -0.459 e. The molecule has 4 aliphatic rings. The second-order valence-corrected chi connectivity index (χ2v) is 11.3. The highest BCUT2D eigenvalue weighted by atomic mass is 16.7. The molecule has 1 saturated carbocycles. The van der Waals surface area contributed by atoms with Gasteiger partial charge in [0.1, 0.15) is 67.0 Å². The molecular weight excluding hydrogens is 580 g/mol. The molecule has 3 aliphatic heterocycles. The molecule has 0 bridgehead atoms. The van der Waals surface area contributed by atoms with Gasteiger partial charge in [-0.2, -0.15) is 0 Å². The van der Waals surface area contributed by atoms with Crippen molar-refractivity contribution in [1.29, 1.82) is 0 Å². The number of amidine groups is 1. The summed E-state index contributed by atoms with van der Waals surface area (Å²) in [4.78, 5) is 30.0. The van der Waals surface area contributed by atoms with Crippen molar-refractivity contribution >= 4 is 17.8 Å². The van der Waals surface area contributed by atoms with Crippen molar-refractivity contribution in [3.63, 3.8) is 0 Å². The maximum absolute atomic E-state index is 12.2. The van der Waals surface area contributed by atoms with E-state index in [1.807, 2.05) is 0 Å². The summed E-state index contributed by atoms with van der Waals surface area (Å²) in [6.45, 7) is 0.403. The molecule has 246 valence electrons. The van der Waals surface area contributed by atoms with Crippen molar-refractivity contribution in [1.82, 2.24) is 15.5 Å².